The van der Waals surface area contributed by atoms with Gasteiger partial charge in [-0.15, -0.1) is 0 Å². The number of carbonyl (C=O) groups is 2. The van der Waals surface area contributed by atoms with Crippen molar-refractivity contribution < 1.29 is 22.8 Å². The number of nitrogens with one attached hydrogen (secondary N) is 1. The van der Waals surface area contributed by atoms with Gasteiger partial charge in [0.2, 0.25) is 5.12 Å². The van der Waals surface area contributed by atoms with Gasteiger partial charge in [-0.3, -0.25) is 9.59 Å². The zero-order chi connectivity index (χ0) is 23.4. The lowest BCUT2D eigenvalue weighted by Gasteiger charge is -2.21. The predicted molar refractivity (Wildman–Crippen MR) is 119 cm³/mol. The Balaban J connectivity index is 2.01. The summed E-state index contributed by atoms with van der Waals surface area (Å²) in [5.74, 6) is -0.264. The summed E-state index contributed by atoms with van der Waals surface area (Å²) in [5.41, 5.74) is 1.51. The number of hydrogen-bond donors (Lipinski definition) is 1. The summed E-state index contributed by atoms with van der Waals surface area (Å²) in [7, 11) is 0. The molecule has 0 aliphatic heterocycles. The van der Waals surface area contributed by atoms with E-state index >= 15 is 0 Å². The Kier molecular flexibility index (Phi) is 7.98. The minimum Gasteiger partial charge on any atom is -0.341 e. The van der Waals surface area contributed by atoms with Crippen LogP contribution in [0.15, 0.2) is 48.5 Å². The number of thioether (sulfide) groups is 1. The van der Waals surface area contributed by atoms with Crippen molar-refractivity contribution in [1.82, 2.24) is 5.32 Å². The van der Waals surface area contributed by atoms with Gasteiger partial charge in [-0.1, -0.05) is 70.6 Å². The summed E-state index contributed by atoms with van der Waals surface area (Å²) >= 11 is 1.12. The zero-order valence-corrected chi connectivity index (χ0v) is 19.2. The molecular formula is C24H28F3NO2S. The van der Waals surface area contributed by atoms with E-state index in [0.717, 1.165) is 41.6 Å². The summed E-state index contributed by atoms with van der Waals surface area (Å²) in [5, 5.41) is 2.48. The zero-order valence-electron chi connectivity index (χ0n) is 18.3. The first-order valence-electron chi connectivity index (χ1n) is 10.0. The molecule has 0 aromatic heterocycles. The lowest BCUT2D eigenvalue weighted by atomic mass is 9.87. The average molecular weight is 452 g/mol. The van der Waals surface area contributed by atoms with Crippen LogP contribution in [-0.2, 0) is 22.1 Å². The molecule has 31 heavy (non-hydrogen) atoms. The number of hydrogen-bond acceptors (Lipinski definition) is 3. The Labute approximate surface area is 185 Å². The molecule has 0 bridgehead atoms. The van der Waals surface area contributed by atoms with Crippen molar-refractivity contribution in [3.8, 4) is 0 Å². The summed E-state index contributed by atoms with van der Waals surface area (Å²) < 4.78 is 38.1. The second-order valence-electron chi connectivity index (χ2n) is 8.82. The molecule has 2 aromatic carbocycles. The molecule has 0 spiro atoms. The second-order valence-corrected chi connectivity index (χ2v) is 9.80. The van der Waals surface area contributed by atoms with Gasteiger partial charge in [0.25, 0.3) is 5.91 Å². The maximum Gasteiger partial charge on any atom is 0.416 e. The van der Waals surface area contributed by atoms with Gasteiger partial charge in [0.1, 0.15) is 6.04 Å². The van der Waals surface area contributed by atoms with Crippen molar-refractivity contribution in [3.05, 3.63) is 70.8 Å². The topological polar surface area (TPSA) is 46.2 Å². The third kappa shape index (κ3) is 7.13. The molecule has 168 valence electrons. The molecule has 2 rings (SSSR count). The Morgan fingerprint density at radius 3 is 1.87 bits per heavy atom. The predicted octanol–water partition coefficient (Wildman–Crippen LogP) is 6.22. The van der Waals surface area contributed by atoms with Crippen LogP contribution >= 0.6 is 11.8 Å². The molecule has 1 amide bonds. The van der Waals surface area contributed by atoms with Crippen LogP contribution in [0.5, 0.6) is 0 Å². The van der Waals surface area contributed by atoms with Crippen molar-refractivity contribution in [2.45, 2.75) is 58.0 Å². The van der Waals surface area contributed by atoms with Crippen LogP contribution in [-0.4, -0.2) is 17.1 Å². The van der Waals surface area contributed by atoms with Gasteiger partial charge in [-0.25, -0.2) is 0 Å². The lowest BCUT2D eigenvalue weighted by molar-refractivity contribution is -0.137. The molecule has 0 aliphatic carbocycles. The van der Waals surface area contributed by atoms with E-state index in [4.69, 9.17) is 0 Å². The maximum atomic E-state index is 12.7. The van der Waals surface area contributed by atoms with Gasteiger partial charge >= 0.3 is 6.18 Å². The third-order valence-electron chi connectivity index (χ3n) is 4.88. The van der Waals surface area contributed by atoms with E-state index in [-0.39, 0.29) is 22.0 Å². The number of benzene rings is 2. The molecule has 7 heteroatoms. The van der Waals surface area contributed by atoms with E-state index < -0.39 is 23.7 Å². The highest BCUT2D eigenvalue weighted by molar-refractivity contribution is 8.13. The van der Waals surface area contributed by atoms with Crippen LogP contribution < -0.4 is 5.32 Å². The Bertz CT molecular complexity index is 898. The van der Waals surface area contributed by atoms with Crippen LogP contribution in [0.1, 0.15) is 61.7 Å². The Hall–Kier alpha value is -2.28. The number of halogens is 3. The molecule has 2 aromatic rings. The fraction of sp³-hybridized carbons (Fsp3) is 0.417. The number of amides is 1. The van der Waals surface area contributed by atoms with Crippen LogP contribution in [0.2, 0.25) is 0 Å². The second kappa shape index (κ2) is 9.90. The Morgan fingerprint density at radius 1 is 0.903 bits per heavy atom. The van der Waals surface area contributed by atoms with Gasteiger partial charge in [0.15, 0.2) is 0 Å². The van der Waals surface area contributed by atoms with E-state index in [1.807, 2.05) is 38.1 Å². The summed E-state index contributed by atoms with van der Waals surface area (Å²) in [4.78, 5) is 25.2. The minimum absolute atomic E-state index is 0.0484. The first kappa shape index (κ1) is 25.0. The summed E-state index contributed by atoms with van der Waals surface area (Å²) in [6, 6.07) is 11.3. The average Bonchev–Trinajstić information content (AvgIpc) is 2.69. The van der Waals surface area contributed by atoms with Crippen molar-refractivity contribution in [2.75, 3.05) is 0 Å². The lowest BCUT2D eigenvalue weighted by Crippen LogP contribution is -2.43. The van der Waals surface area contributed by atoms with Crippen molar-refractivity contribution in [2.24, 2.45) is 5.92 Å². The molecule has 0 heterocycles. The number of alkyl halides is 3. The van der Waals surface area contributed by atoms with Crippen LogP contribution in [0, 0.1) is 5.92 Å². The first-order valence-corrected chi connectivity index (χ1v) is 11.0. The quantitative estimate of drug-likeness (QED) is 0.567. The fourth-order valence-corrected chi connectivity index (χ4v) is 3.89. The highest BCUT2D eigenvalue weighted by Crippen LogP contribution is 2.29. The summed E-state index contributed by atoms with van der Waals surface area (Å²) in [6.45, 7) is 10.0. The van der Waals surface area contributed by atoms with Gasteiger partial charge < -0.3 is 5.32 Å². The molecule has 0 saturated carbocycles. The molecule has 1 N–H and O–H groups in total. The highest BCUT2D eigenvalue weighted by Gasteiger charge is 2.30. The van der Waals surface area contributed by atoms with Gasteiger partial charge in [0, 0.05) is 11.3 Å². The molecule has 3 nitrogen and oxygen atoms in total. The van der Waals surface area contributed by atoms with E-state index in [1.165, 1.54) is 5.56 Å². The number of carbonyl (C=O) groups excluding carboxylic acids is 2. The van der Waals surface area contributed by atoms with Crippen molar-refractivity contribution >= 4 is 22.8 Å². The van der Waals surface area contributed by atoms with Crippen LogP contribution in [0.4, 0.5) is 13.2 Å². The third-order valence-corrected chi connectivity index (χ3v) is 5.90. The molecule has 1 atom stereocenters. The highest BCUT2D eigenvalue weighted by atomic mass is 32.2. The smallest absolute Gasteiger partial charge is 0.341 e. The molecular weight excluding hydrogens is 423 g/mol. The fourth-order valence-electron chi connectivity index (χ4n) is 2.88. The normalized spacial score (nSPS) is 13.2. The minimum atomic E-state index is -4.47. The molecule has 0 saturated heterocycles. The van der Waals surface area contributed by atoms with Crippen LogP contribution in [0.25, 0.3) is 0 Å². The maximum absolute atomic E-state index is 12.7. The van der Waals surface area contributed by atoms with Gasteiger partial charge in [0.05, 0.1) is 5.56 Å². The van der Waals surface area contributed by atoms with E-state index in [1.54, 1.807) is 0 Å². The van der Waals surface area contributed by atoms with E-state index in [2.05, 4.69) is 26.1 Å². The van der Waals surface area contributed by atoms with Gasteiger partial charge in [-0.2, -0.15) is 13.2 Å². The molecule has 0 unspecified atom stereocenters. The van der Waals surface area contributed by atoms with Crippen LogP contribution in [0.3, 0.4) is 0 Å². The SMILES string of the molecule is CC(C)[C@@H](NC(=O)c1ccc(C(F)(F)F)cc1)C(=O)SCc1ccc(C(C)(C)C)cc1. The molecule has 0 aliphatic rings. The van der Waals surface area contributed by atoms with Crippen molar-refractivity contribution in [1.29, 1.82) is 0 Å². The Morgan fingerprint density at radius 2 is 1.42 bits per heavy atom. The van der Waals surface area contributed by atoms with Crippen molar-refractivity contribution in [3.63, 3.8) is 0 Å². The standard InChI is InChI=1S/C24H28F3NO2S/c1-15(2)20(28-21(29)17-8-12-19(13-9-17)24(25,26)27)22(30)31-14-16-6-10-18(11-7-16)23(3,4)5/h6-13,15,20H,14H2,1-5H3,(H,28,29)/t20-/m1/s1. The van der Waals surface area contributed by atoms with Gasteiger partial charge in [-0.05, 0) is 46.7 Å². The number of rotatable bonds is 6. The summed E-state index contributed by atoms with van der Waals surface area (Å²) in [6.07, 6.45) is -4.47. The molecule has 0 fully saturated rings. The molecule has 0 radical (unpaired) electrons. The monoisotopic (exact) mass is 451 g/mol. The van der Waals surface area contributed by atoms with E-state index in [9.17, 15) is 22.8 Å². The van der Waals surface area contributed by atoms with E-state index in [0.29, 0.717) is 5.75 Å². The largest absolute Gasteiger partial charge is 0.416 e. The first-order chi connectivity index (χ1) is 14.3.